The largest absolute Gasteiger partial charge is 0.382 e. The van der Waals surface area contributed by atoms with Gasteiger partial charge in [-0.15, -0.1) is 0 Å². The zero-order valence-electron chi connectivity index (χ0n) is 34.8. The molecule has 0 aromatic heterocycles. The number of ether oxygens (including phenoxy) is 5. The van der Waals surface area contributed by atoms with Crippen molar-refractivity contribution in [3.05, 3.63) is 35.4 Å². The number of Topliss-reactive ketones (excluding diaryl/α,β-unsaturated/α-hetero) is 1. The normalized spacial score (nSPS) is 17.3. The van der Waals surface area contributed by atoms with E-state index in [4.69, 9.17) is 40.0 Å². The summed E-state index contributed by atoms with van der Waals surface area (Å²) in [5, 5.41) is 8.83. The van der Waals surface area contributed by atoms with E-state index in [1.807, 2.05) is 45.0 Å². The zero-order chi connectivity index (χ0) is 41.9. The summed E-state index contributed by atoms with van der Waals surface area (Å²) < 4.78 is 32.4. The number of methoxy groups -OCH3 is 2. The van der Waals surface area contributed by atoms with Crippen LogP contribution in [0.4, 0.5) is 0 Å². The predicted molar refractivity (Wildman–Crippen MR) is 223 cm³/mol. The van der Waals surface area contributed by atoms with Crippen molar-refractivity contribution in [2.75, 3.05) is 93.3 Å². The summed E-state index contributed by atoms with van der Waals surface area (Å²) in [7, 11) is 3.18. The highest BCUT2D eigenvalue weighted by molar-refractivity contribution is 8.09. The molecule has 0 aliphatic heterocycles. The first-order valence-electron chi connectivity index (χ1n) is 20.3. The molecule has 0 spiro atoms. The lowest BCUT2D eigenvalue weighted by atomic mass is 9.87. The lowest BCUT2D eigenvalue weighted by molar-refractivity contribution is -0.131. The minimum absolute atomic E-state index is 0.0221. The third-order valence-corrected chi connectivity index (χ3v) is 12.9. The number of carbonyl (C=O) groups is 4. The Kier molecular flexibility index (Phi) is 26.5. The molecule has 1 fully saturated rings. The van der Waals surface area contributed by atoms with Crippen LogP contribution in [0.2, 0.25) is 0 Å². The first kappa shape index (κ1) is 50.8. The Morgan fingerprint density at radius 3 is 2.02 bits per heavy atom. The smallest absolute Gasteiger partial charge is 0.237 e. The third kappa shape index (κ3) is 22.0. The van der Waals surface area contributed by atoms with Crippen LogP contribution in [0, 0.1) is 5.92 Å². The van der Waals surface area contributed by atoms with Gasteiger partial charge < -0.3 is 49.1 Å². The fraction of sp³-hybridized carbons (Fsp3) is 0.750. The van der Waals surface area contributed by atoms with Gasteiger partial charge in [-0.1, -0.05) is 45.0 Å². The molecule has 57 heavy (non-hydrogen) atoms. The van der Waals surface area contributed by atoms with Gasteiger partial charge in [0.15, 0.2) is 6.49 Å². The maximum Gasteiger partial charge on any atom is 0.237 e. The molecule has 1 aromatic rings. The van der Waals surface area contributed by atoms with E-state index in [2.05, 4.69) is 16.0 Å². The molecular formula is C40H69N4O11PS. The van der Waals surface area contributed by atoms with Gasteiger partial charge in [0.05, 0.1) is 64.9 Å². The van der Waals surface area contributed by atoms with E-state index in [-0.39, 0.29) is 80.2 Å². The van der Waals surface area contributed by atoms with Crippen LogP contribution in [0.15, 0.2) is 24.3 Å². The second-order valence-electron chi connectivity index (χ2n) is 14.5. The van der Waals surface area contributed by atoms with Gasteiger partial charge in [0.25, 0.3) is 0 Å². The van der Waals surface area contributed by atoms with Gasteiger partial charge in [0, 0.05) is 65.1 Å². The summed E-state index contributed by atoms with van der Waals surface area (Å²) in [6, 6.07) is 6.77. The number of hydrogen-bond donors (Lipinski definition) is 4. The first-order valence-corrected chi connectivity index (χ1v) is 23.0. The number of rotatable bonds is 32. The Hall–Kier alpha value is -2.37. The van der Waals surface area contributed by atoms with Crippen molar-refractivity contribution in [2.45, 2.75) is 96.5 Å². The van der Waals surface area contributed by atoms with E-state index in [0.29, 0.717) is 91.5 Å². The summed E-state index contributed by atoms with van der Waals surface area (Å²) in [6.45, 7) is 6.84. The summed E-state index contributed by atoms with van der Waals surface area (Å²) in [5.41, 5.74) is 1.61. The molecule has 1 unspecified atom stereocenters. The second kappa shape index (κ2) is 29.8. The zero-order valence-corrected chi connectivity index (χ0v) is 36.5. The van der Waals surface area contributed by atoms with Gasteiger partial charge >= 0.3 is 0 Å². The molecule has 15 nitrogen and oxygen atoms in total. The Morgan fingerprint density at radius 2 is 1.40 bits per heavy atom. The highest BCUT2D eigenvalue weighted by Gasteiger charge is 2.32. The molecule has 4 N–H and O–H groups in total. The third-order valence-electron chi connectivity index (χ3n) is 9.46. The molecule has 0 bridgehead atoms. The quantitative estimate of drug-likeness (QED) is 0.0614. The van der Waals surface area contributed by atoms with Gasteiger partial charge in [-0.2, -0.15) is 0 Å². The molecule has 1 saturated carbocycles. The number of nitrogens with zero attached hydrogens (tertiary/aromatic N) is 1. The Bertz CT molecular complexity index is 1320. The molecule has 0 saturated heterocycles. The van der Waals surface area contributed by atoms with Gasteiger partial charge in [-0.05, 0) is 67.9 Å². The molecule has 2 rings (SSSR count). The minimum Gasteiger partial charge on any atom is -0.382 e. The van der Waals surface area contributed by atoms with Crippen LogP contribution in [-0.4, -0.2) is 144 Å². The standard InChI is InChI=1S/C40H69N4O11PS/c1-6-19-52-22-18-42-40(48)37(44(29-35(45)8-7-20-53-25-23-50-4)30-38(46)41-17-21-54-26-24-51-5)27-32-9-11-33(12-10-32)28-43-39(47)34-13-15-36(16-14-34)55-56(49,57)31(2)3/h9-12,31,34,36-37H,6-8,13-30H2,1-5H3,(H,41,46)(H,42,48)(H,43,47)(H,49,57)/t34?,36?,37-,56?/m0/s1. The number of benzene rings is 1. The second-order valence-corrected chi connectivity index (χ2v) is 18.4. The Labute approximate surface area is 345 Å². The molecule has 1 aliphatic rings. The molecule has 1 aromatic carbocycles. The van der Waals surface area contributed by atoms with Crippen LogP contribution in [0.1, 0.15) is 76.8 Å². The van der Waals surface area contributed by atoms with Crippen molar-refractivity contribution in [3.63, 3.8) is 0 Å². The fourth-order valence-corrected chi connectivity index (χ4v) is 7.31. The lowest BCUT2D eigenvalue weighted by Crippen LogP contribution is -2.53. The van der Waals surface area contributed by atoms with Crippen LogP contribution >= 0.6 is 6.49 Å². The average Bonchev–Trinajstić information content (AvgIpc) is 3.18. The predicted octanol–water partition coefficient (Wildman–Crippen LogP) is 3.14. The van der Waals surface area contributed by atoms with Crippen molar-refractivity contribution in [1.29, 1.82) is 0 Å². The molecule has 2 atom stereocenters. The SMILES string of the molecule is CCCOCCNC(=O)[C@H](Cc1ccc(CNC(=O)C2CCC(OP(O)(=S)C(C)C)CC2)cc1)N(CC(=O)CCCOCCOC)CC(=O)NCCOCCOC. The van der Waals surface area contributed by atoms with Gasteiger partial charge in [0.2, 0.25) is 17.7 Å². The molecule has 17 heteroatoms. The summed E-state index contributed by atoms with van der Waals surface area (Å²) >= 11 is 5.29. The summed E-state index contributed by atoms with van der Waals surface area (Å²) in [6.07, 6.45) is 4.37. The number of ketones is 1. The van der Waals surface area contributed by atoms with Crippen molar-refractivity contribution >= 4 is 41.8 Å². The lowest BCUT2D eigenvalue weighted by Gasteiger charge is -2.31. The van der Waals surface area contributed by atoms with Crippen molar-refractivity contribution in [1.82, 2.24) is 20.9 Å². The maximum atomic E-state index is 13.8. The first-order chi connectivity index (χ1) is 27.4. The summed E-state index contributed by atoms with van der Waals surface area (Å²) in [4.78, 5) is 65.4. The number of amides is 3. The summed E-state index contributed by atoms with van der Waals surface area (Å²) in [5.74, 6) is -0.927. The van der Waals surface area contributed by atoms with Crippen molar-refractivity contribution in [2.24, 2.45) is 5.92 Å². The Balaban J connectivity index is 2.12. The fourth-order valence-electron chi connectivity index (χ4n) is 6.06. The van der Waals surface area contributed by atoms with Crippen LogP contribution in [0.3, 0.4) is 0 Å². The monoisotopic (exact) mass is 844 g/mol. The van der Waals surface area contributed by atoms with Crippen LogP contribution < -0.4 is 16.0 Å². The molecular weight excluding hydrogens is 775 g/mol. The van der Waals surface area contributed by atoms with Crippen LogP contribution in [0.25, 0.3) is 0 Å². The van der Waals surface area contributed by atoms with E-state index in [1.54, 1.807) is 19.1 Å². The molecule has 1 aliphatic carbocycles. The number of nitrogens with one attached hydrogen (secondary N) is 3. The molecule has 0 heterocycles. The van der Waals surface area contributed by atoms with Crippen LogP contribution in [-0.2, 0) is 72.2 Å². The van der Waals surface area contributed by atoms with E-state index in [9.17, 15) is 24.1 Å². The van der Waals surface area contributed by atoms with E-state index >= 15 is 0 Å². The molecule has 3 amide bonds. The van der Waals surface area contributed by atoms with E-state index in [0.717, 1.165) is 17.5 Å². The van der Waals surface area contributed by atoms with Gasteiger partial charge in [0.1, 0.15) is 5.78 Å². The van der Waals surface area contributed by atoms with Crippen LogP contribution in [0.5, 0.6) is 0 Å². The maximum absolute atomic E-state index is 13.8. The van der Waals surface area contributed by atoms with Crippen molar-refractivity contribution in [3.8, 4) is 0 Å². The number of carbonyl (C=O) groups excluding carboxylic acids is 4. The Morgan fingerprint density at radius 1 is 0.807 bits per heavy atom. The minimum atomic E-state index is -2.84. The van der Waals surface area contributed by atoms with Crippen molar-refractivity contribution < 1.29 is 52.3 Å². The van der Waals surface area contributed by atoms with Gasteiger partial charge in [-0.3, -0.25) is 24.1 Å². The highest BCUT2D eigenvalue weighted by atomic mass is 32.5. The topological polar surface area (TPSA) is 183 Å². The molecule has 326 valence electrons. The van der Waals surface area contributed by atoms with E-state index < -0.39 is 12.5 Å². The molecule has 0 radical (unpaired) electrons. The average molecular weight is 845 g/mol. The number of hydrogen-bond acceptors (Lipinski definition) is 12. The highest BCUT2D eigenvalue weighted by Crippen LogP contribution is 2.50. The van der Waals surface area contributed by atoms with Gasteiger partial charge in [-0.25, -0.2) is 0 Å². The van der Waals surface area contributed by atoms with E-state index in [1.165, 1.54) is 0 Å².